The number of benzene rings is 2. The van der Waals surface area contributed by atoms with E-state index in [1.54, 1.807) is 22.9 Å². The Morgan fingerprint density at radius 2 is 2.03 bits per heavy atom. The molecule has 164 valence electrons. The fraction of sp³-hybridized carbons (Fsp3) is 0.182. The number of fused-ring (bicyclic) bond motifs is 1. The number of hydrogen-bond acceptors (Lipinski definition) is 5. The predicted molar refractivity (Wildman–Crippen MR) is 117 cm³/mol. The van der Waals surface area contributed by atoms with Crippen LogP contribution in [0.3, 0.4) is 0 Å². The maximum Gasteiger partial charge on any atom is 0.264 e. The van der Waals surface area contributed by atoms with Gasteiger partial charge in [-0.15, -0.1) is 0 Å². The third kappa shape index (κ3) is 4.94. The fourth-order valence-corrected chi connectivity index (χ4v) is 3.38. The zero-order chi connectivity index (χ0) is 22.5. The maximum absolute atomic E-state index is 13.5. The number of halogens is 2. The molecule has 1 amide bonds. The van der Waals surface area contributed by atoms with Crippen molar-refractivity contribution < 1.29 is 13.9 Å². The van der Waals surface area contributed by atoms with Crippen molar-refractivity contribution in [1.82, 2.24) is 24.6 Å². The van der Waals surface area contributed by atoms with Gasteiger partial charge < -0.3 is 10.1 Å². The normalized spacial score (nSPS) is 10.9. The molecule has 0 atom stereocenters. The summed E-state index contributed by atoms with van der Waals surface area (Å²) in [6, 6.07) is 13.1. The highest BCUT2D eigenvalue weighted by Crippen LogP contribution is 2.15. The molecule has 10 heteroatoms. The molecule has 0 radical (unpaired) electrons. The predicted octanol–water partition coefficient (Wildman–Crippen LogP) is 2.63. The van der Waals surface area contributed by atoms with E-state index in [0.717, 1.165) is 5.56 Å². The number of rotatable bonds is 8. The van der Waals surface area contributed by atoms with E-state index in [2.05, 4.69) is 15.4 Å². The van der Waals surface area contributed by atoms with Gasteiger partial charge in [0.15, 0.2) is 23.8 Å². The first kappa shape index (κ1) is 21.5. The van der Waals surface area contributed by atoms with Gasteiger partial charge in [-0.25, -0.2) is 14.1 Å². The number of carbonyl (C=O) groups is 1. The van der Waals surface area contributed by atoms with Crippen LogP contribution in [0, 0.1) is 5.82 Å². The molecule has 0 aliphatic rings. The van der Waals surface area contributed by atoms with Crippen LogP contribution in [0.4, 0.5) is 4.39 Å². The second-order valence-electron chi connectivity index (χ2n) is 6.98. The van der Waals surface area contributed by atoms with E-state index < -0.39 is 11.7 Å². The molecule has 0 aliphatic carbocycles. The highest BCUT2D eigenvalue weighted by atomic mass is 35.5. The van der Waals surface area contributed by atoms with Crippen LogP contribution >= 0.6 is 11.6 Å². The number of aromatic nitrogens is 4. The number of carbonyl (C=O) groups excluding carboxylic acids is 1. The second kappa shape index (κ2) is 9.61. The lowest BCUT2D eigenvalue weighted by Gasteiger charge is -2.09. The Labute approximate surface area is 187 Å². The lowest BCUT2D eigenvalue weighted by Crippen LogP contribution is -2.32. The summed E-state index contributed by atoms with van der Waals surface area (Å²) >= 11 is 6.01. The van der Waals surface area contributed by atoms with Crippen molar-refractivity contribution in [3.63, 3.8) is 0 Å². The fourth-order valence-electron chi connectivity index (χ4n) is 3.16. The van der Waals surface area contributed by atoms with E-state index >= 15 is 0 Å². The van der Waals surface area contributed by atoms with Gasteiger partial charge in [0.25, 0.3) is 11.5 Å². The van der Waals surface area contributed by atoms with E-state index in [1.165, 1.54) is 35.3 Å². The summed E-state index contributed by atoms with van der Waals surface area (Å²) in [5, 5.41) is 7.85. The van der Waals surface area contributed by atoms with E-state index in [4.69, 9.17) is 16.3 Å². The minimum Gasteiger partial charge on any atom is -0.481 e. The molecule has 2 heterocycles. The van der Waals surface area contributed by atoms with Crippen LogP contribution in [0.5, 0.6) is 5.75 Å². The van der Waals surface area contributed by atoms with Crippen molar-refractivity contribution in [3.05, 3.63) is 87.8 Å². The molecule has 0 aliphatic heterocycles. The first-order valence-electron chi connectivity index (χ1n) is 9.80. The molecule has 0 spiro atoms. The van der Waals surface area contributed by atoms with E-state index in [-0.39, 0.29) is 24.5 Å². The van der Waals surface area contributed by atoms with Crippen LogP contribution in [0.15, 0.2) is 65.8 Å². The number of hydrogen-bond donors (Lipinski definition) is 1. The van der Waals surface area contributed by atoms with Gasteiger partial charge in [-0.1, -0.05) is 35.9 Å². The van der Waals surface area contributed by atoms with E-state index in [1.807, 2.05) is 12.1 Å². The molecular weight excluding hydrogens is 437 g/mol. The molecular formula is C22H19ClFN5O3. The molecule has 4 aromatic rings. The first-order valence-corrected chi connectivity index (χ1v) is 10.2. The Morgan fingerprint density at radius 1 is 1.19 bits per heavy atom. The maximum atomic E-state index is 13.5. The molecule has 4 rings (SSSR count). The Bertz CT molecular complexity index is 1320. The zero-order valence-electron chi connectivity index (χ0n) is 16.9. The first-order chi connectivity index (χ1) is 15.5. The summed E-state index contributed by atoms with van der Waals surface area (Å²) in [7, 11) is 0. The molecule has 0 unspecified atom stereocenters. The van der Waals surface area contributed by atoms with Gasteiger partial charge in [0.2, 0.25) is 0 Å². The highest BCUT2D eigenvalue weighted by Gasteiger charge is 2.11. The molecule has 0 saturated heterocycles. The summed E-state index contributed by atoms with van der Waals surface area (Å²) < 4.78 is 21.7. The Hall–Kier alpha value is -3.72. The second-order valence-corrected chi connectivity index (χ2v) is 7.42. The molecule has 32 heavy (non-hydrogen) atoms. The Balaban J connectivity index is 1.36. The number of para-hydroxylation sites is 1. The Morgan fingerprint density at radius 3 is 2.84 bits per heavy atom. The topological polar surface area (TPSA) is 91.0 Å². The van der Waals surface area contributed by atoms with Crippen molar-refractivity contribution in [2.75, 3.05) is 13.2 Å². The average molecular weight is 456 g/mol. The van der Waals surface area contributed by atoms with Crippen molar-refractivity contribution in [2.45, 2.75) is 13.1 Å². The molecule has 2 aromatic heterocycles. The molecule has 1 N–H and O–H groups in total. The molecule has 0 saturated carbocycles. The van der Waals surface area contributed by atoms with Crippen LogP contribution < -0.4 is 15.6 Å². The third-order valence-electron chi connectivity index (χ3n) is 4.71. The van der Waals surface area contributed by atoms with Crippen LogP contribution in [0.2, 0.25) is 5.02 Å². The van der Waals surface area contributed by atoms with Crippen molar-refractivity contribution >= 4 is 28.5 Å². The van der Waals surface area contributed by atoms with Gasteiger partial charge >= 0.3 is 0 Å². The number of amides is 1. The van der Waals surface area contributed by atoms with Gasteiger partial charge in [0.1, 0.15) is 11.7 Å². The standard InChI is InChI=1S/C22H19ClFN5O3/c23-16-5-3-4-15(10-16)12-28-14-26-21-17(22(28)31)11-27-29(21)9-8-25-20(30)13-32-19-7-2-1-6-18(19)24/h1-7,10-11,14H,8-9,12-13H2,(H,25,30). The monoisotopic (exact) mass is 455 g/mol. The summed E-state index contributed by atoms with van der Waals surface area (Å²) in [4.78, 5) is 29.1. The summed E-state index contributed by atoms with van der Waals surface area (Å²) in [6.07, 6.45) is 2.92. The van der Waals surface area contributed by atoms with Crippen LogP contribution in [-0.4, -0.2) is 38.4 Å². The Kier molecular flexibility index (Phi) is 6.46. The lowest BCUT2D eigenvalue weighted by molar-refractivity contribution is -0.123. The van der Waals surface area contributed by atoms with Crippen molar-refractivity contribution in [2.24, 2.45) is 0 Å². The van der Waals surface area contributed by atoms with Crippen LogP contribution in [0.1, 0.15) is 5.56 Å². The smallest absolute Gasteiger partial charge is 0.264 e. The molecule has 0 bridgehead atoms. The third-order valence-corrected chi connectivity index (χ3v) is 4.94. The largest absolute Gasteiger partial charge is 0.481 e. The highest BCUT2D eigenvalue weighted by molar-refractivity contribution is 6.30. The molecule has 2 aromatic carbocycles. The number of ether oxygens (including phenoxy) is 1. The van der Waals surface area contributed by atoms with Gasteiger partial charge in [-0.2, -0.15) is 5.10 Å². The SMILES string of the molecule is O=C(COc1ccccc1F)NCCn1ncc2c(=O)n(Cc3cccc(Cl)c3)cnc21. The van der Waals surface area contributed by atoms with Crippen LogP contribution in [-0.2, 0) is 17.9 Å². The number of nitrogens with zero attached hydrogens (tertiary/aromatic N) is 4. The van der Waals surface area contributed by atoms with E-state index in [0.29, 0.717) is 29.1 Å². The van der Waals surface area contributed by atoms with Gasteiger partial charge in [-0.05, 0) is 29.8 Å². The van der Waals surface area contributed by atoms with E-state index in [9.17, 15) is 14.0 Å². The minimum absolute atomic E-state index is 0.0129. The summed E-state index contributed by atoms with van der Waals surface area (Å²) in [5.74, 6) is -0.920. The molecule has 0 fully saturated rings. The van der Waals surface area contributed by atoms with Gasteiger partial charge in [-0.3, -0.25) is 14.2 Å². The minimum atomic E-state index is -0.532. The van der Waals surface area contributed by atoms with Crippen molar-refractivity contribution in [3.8, 4) is 5.75 Å². The van der Waals surface area contributed by atoms with Crippen LogP contribution in [0.25, 0.3) is 11.0 Å². The van der Waals surface area contributed by atoms with Gasteiger partial charge in [0, 0.05) is 11.6 Å². The average Bonchev–Trinajstić information content (AvgIpc) is 3.19. The summed E-state index contributed by atoms with van der Waals surface area (Å²) in [6.45, 7) is 0.571. The molecule has 8 nitrogen and oxygen atoms in total. The number of nitrogens with one attached hydrogen (secondary N) is 1. The lowest BCUT2D eigenvalue weighted by atomic mass is 10.2. The summed E-state index contributed by atoms with van der Waals surface area (Å²) in [5.41, 5.74) is 1.09. The van der Waals surface area contributed by atoms with Crippen molar-refractivity contribution in [1.29, 1.82) is 0 Å². The quantitative estimate of drug-likeness (QED) is 0.441. The zero-order valence-corrected chi connectivity index (χ0v) is 17.6. The van der Waals surface area contributed by atoms with Gasteiger partial charge in [0.05, 0.1) is 19.3 Å².